The minimum Gasteiger partial charge on any atom is -0.480 e. The fraction of sp³-hybridized carbons (Fsp3) is 0.750. The molecule has 1 atom stereocenters. The van der Waals surface area contributed by atoms with Crippen LogP contribution in [0.5, 0.6) is 0 Å². The lowest BCUT2D eigenvalue weighted by Crippen LogP contribution is -2.48. The predicted molar refractivity (Wildman–Crippen MR) is 54.0 cm³/mol. The van der Waals surface area contributed by atoms with Crippen molar-refractivity contribution in [1.29, 1.82) is 0 Å². The van der Waals surface area contributed by atoms with E-state index < -0.39 is 12.0 Å². The highest BCUT2D eigenvalue weighted by Gasteiger charge is 2.31. The Morgan fingerprint density at radius 2 is 2.29 bits per heavy atom. The molecule has 5 nitrogen and oxygen atoms in total. The molecule has 0 radical (unpaired) electrons. The summed E-state index contributed by atoms with van der Waals surface area (Å²) >= 11 is 3.92. The second-order valence-electron chi connectivity index (χ2n) is 3.20. The molecule has 1 fully saturated rings. The fourth-order valence-corrected chi connectivity index (χ4v) is 1.68. The van der Waals surface area contributed by atoms with Crippen molar-refractivity contribution in [3.8, 4) is 0 Å². The van der Waals surface area contributed by atoms with Crippen LogP contribution in [-0.4, -0.2) is 40.3 Å². The Bertz CT molecular complexity index is 235. The first-order valence-electron chi connectivity index (χ1n) is 4.55. The maximum Gasteiger partial charge on any atom is 0.322 e. The van der Waals surface area contributed by atoms with Crippen molar-refractivity contribution in [1.82, 2.24) is 10.4 Å². The van der Waals surface area contributed by atoms with Crippen LogP contribution in [0.3, 0.4) is 0 Å². The molecule has 1 aliphatic rings. The molecule has 1 saturated heterocycles. The average Bonchev–Trinajstić information content (AvgIpc) is 2.52. The minimum absolute atomic E-state index is 0.173. The number of hydrogen-bond donors (Lipinski definition) is 3. The summed E-state index contributed by atoms with van der Waals surface area (Å²) in [6.07, 6.45) is 1.71. The summed E-state index contributed by atoms with van der Waals surface area (Å²) in [6, 6.07) is -0.570. The van der Waals surface area contributed by atoms with E-state index >= 15 is 0 Å². The summed E-state index contributed by atoms with van der Waals surface area (Å²) in [6.45, 7) is 0.606. The van der Waals surface area contributed by atoms with Crippen molar-refractivity contribution >= 4 is 24.5 Å². The molecule has 80 valence electrons. The summed E-state index contributed by atoms with van der Waals surface area (Å²) in [7, 11) is 0. The smallest absolute Gasteiger partial charge is 0.322 e. The van der Waals surface area contributed by atoms with Crippen molar-refractivity contribution in [2.24, 2.45) is 0 Å². The molecule has 0 aliphatic carbocycles. The predicted octanol–water partition coefficient (Wildman–Crippen LogP) is -0.113. The number of carbonyl (C=O) groups is 2. The van der Waals surface area contributed by atoms with Gasteiger partial charge >= 0.3 is 5.97 Å². The largest absolute Gasteiger partial charge is 0.480 e. The maximum absolute atomic E-state index is 11.2. The van der Waals surface area contributed by atoms with Crippen LogP contribution in [0.4, 0.5) is 0 Å². The van der Waals surface area contributed by atoms with Gasteiger partial charge in [0.1, 0.15) is 6.04 Å². The Morgan fingerprint density at radius 3 is 2.86 bits per heavy atom. The summed E-state index contributed by atoms with van der Waals surface area (Å²) in [5.74, 6) is -0.584. The van der Waals surface area contributed by atoms with Crippen LogP contribution in [0.2, 0.25) is 0 Å². The molecule has 0 bridgehead atoms. The molecule has 0 spiro atoms. The van der Waals surface area contributed by atoms with E-state index in [-0.39, 0.29) is 5.91 Å². The number of hydrazine groups is 1. The van der Waals surface area contributed by atoms with Gasteiger partial charge in [0.25, 0.3) is 0 Å². The molecule has 0 aromatic rings. The Labute approximate surface area is 87.8 Å². The number of carboxylic acid groups (broad SMARTS) is 1. The summed E-state index contributed by atoms with van der Waals surface area (Å²) in [5, 5.41) is 10.3. The van der Waals surface area contributed by atoms with Crippen molar-refractivity contribution < 1.29 is 14.7 Å². The van der Waals surface area contributed by atoms with Crippen molar-refractivity contribution in [3.63, 3.8) is 0 Å². The quantitative estimate of drug-likeness (QED) is 0.576. The van der Waals surface area contributed by atoms with Gasteiger partial charge in [-0.25, -0.2) is 5.01 Å². The van der Waals surface area contributed by atoms with Gasteiger partial charge in [-0.2, -0.15) is 12.6 Å². The molecule has 0 aromatic heterocycles. The lowest BCUT2D eigenvalue weighted by molar-refractivity contribution is -0.144. The number of hydrogen-bond acceptors (Lipinski definition) is 4. The second-order valence-corrected chi connectivity index (χ2v) is 3.65. The van der Waals surface area contributed by atoms with E-state index in [1.54, 1.807) is 0 Å². The molecule has 1 rings (SSSR count). The highest BCUT2D eigenvalue weighted by molar-refractivity contribution is 7.80. The van der Waals surface area contributed by atoms with Crippen LogP contribution in [0, 0.1) is 0 Å². The monoisotopic (exact) mass is 218 g/mol. The number of rotatable bonds is 4. The summed E-state index contributed by atoms with van der Waals surface area (Å²) in [4.78, 5) is 21.9. The molecule has 1 unspecified atom stereocenters. The molecule has 6 heteroatoms. The van der Waals surface area contributed by atoms with Crippen molar-refractivity contribution in [3.05, 3.63) is 0 Å². The molecule has 0 aromatic carbocycles. The SMILES string of the molecule is O=C(CCS)NN1CCCC1C(=O)O. The fourth-order valence-electron chi connectivity index (χ4n) is 1.47. The van der Waals surface area contributed by atoms with Gasteiger partial charge in [-0.3, -0.25) is 15.0 Å². The zero-order valence-corrected chi connectivity index (χ0v) is 8.67. The van der Waals surface area contributed by atoms with Gasteiger partial charge < -0.3 is 5.11 Å². The topological polar surface area (TPSA) is 69.6 Å². The van der Waals surface area contributed by atoms with Gasteiger partial charge in [0, 0.05) is 13.0 Å². The molecule has 2 N–H and O–H groups in total. The molecule has 0 saturated carbocycles. The number of thiol groups is 1. The van der Waals surface area contributed by atoms with Gasteiger partial charge in [-0.05, 0) is 18.6 Å². The first-order chi connectivity index (χ1) is 6.65. The van der Waals surface area contributed by atoms with Crippen LogP contribution in [0.15, 0.2) is 0 Å². The number of carbonyl (C=O) groups excluding carboxylic acids is 1. The maximum atomic E-state index is 11.2. The highest BCUT2D eigenvalue weighted by atomic mass is 32.1. The number of aliphatic carboxylic acids is 1. The first-order valence-corrected chi connectivity index (χ1v) is 5.18. The summed E-state index contributed by atoms with van der Waals surface area (Å²) < 4.78 is 0. The van der Waals surface area contributed by atoms with E-state index in [2.05, 4.69) is 18.1 Å². The molecule has 14 heavy (non-hydrogen) atoms. The average molecular weight is 218 g/mol. The van der Waals surface area contributed by atoms with Crippen LogP contribution in [-0.2, 0) is 9.59 Å². The minimum atomic E-state index is -0.881. The van der Waals surface area contributed by atoms with E-state index in [1.165, 1.54) is 5.01 Å². The van der Waals surface area contributed by atoms with Crippen molar-refractivity contribution in [2.75, 3.05) is 12.3 Å². The summed E-state index contributed by atoms with van der Waals surface area (Å²) in [5.41, 5.74) is 2.58. The van der Waals surface area contributed by atoms with Crippen LogP contribution >= 0.6 is 12.6 Å². The van der Waals surface area contributed by atoms with E-state index in [0.29, 0.717) is 25.1 Å². The van der Waals surface area contributed by atoms with Gasteiger partial charge in [0.2, 0.25) is 5.91 Å². The van der Waals surface area contributed by atoms with Gasteiger partial charge in [0.05, 0.1) is 0 Å². The Kier molecular flexibility index (Phi) is 4.21. The number of amides is 1. The van der Waals surface area contributed by atoms with Crippen molar-refractivity contribution in [2.45, 2.75) is 25.3 Å². The highest BCUT2D eigenvalue weighted by Crippen LogP contribution is 2.14. The zero-order valence-electron chi connectivity index (χ0n) is 7.77. The number of carboxylic acids is 1. The Hall–Kier alpha value is -0.750. The third-order valence-corrected chi connectivity index (χ3v) is 2.37. The van der Waals surface area contributed by atoms with Gasteiger partial charge in [-0.1, -0.05) is 0 Å². The zero-order chi connectivity index (χ0) is 10.6. The Morgan fingerprint density at radius 1 is 1.57 bits per heavy atom. The first kappa shape index (κ1) is 11.3. The lowest BCUT2D eigenvalue weighted by Gasteiger charge is -2.21. The van der Waals surface area contributed by atoms with E-state index in [9.17, 15) is 9.59 Å². The molecular weight excluding hydrogens is 204 g/mol. The standard InChI is InChI=1S/C8H14N2O3S/c11-7(3-5-14)9-10-4-1-2-6(10)8(12)13/h6,14H,1-5H2,(H,9,11)(H,12,13). The molecule has 1 heterocycles. The third-order valence-electron chi connectivity index (χ3n) is 2.15. The van der Waals surface area contributed by atoms with Crippen LogP contribution in [0.25, 0.3) is 0 Å². The lowest BCUT2D eigenvalue weighted by atomic mass is 10.2. The molecular formula is C8H14N2O3S. The van der Waals surface area contributed by atoms with E-state index in [4.69, 9.17) is 5.11 Å². The second kappa shape index (κ2) is 5.21. The number of nitrogens with zero attached hydrogens (tertiary/aromatic N) is 1. The molecule has 1 amide bonds. The normalized spacial score (nSPS) is 22.2. The Balaban J connectivity index is 2.43. The molecule has 1 aliphatic heterocycles. The van der Waals surface area contributed by atoms with Gasteiger partial charge in [-0.15, -0.1) is 0 Å². The third kappa shape index (κ3) is 2.88. The number of nitrogens with one attached hydrogen (secondary N) is 1. The van der Waals surface area contributed by atoms with Gasteiger partial charge in [0.15, 0.2) is 0 Å². The van der Waals surface area contributed by atoms with E-state index in [1.807, 2.05) is 0 Å². The van der Waals surface area contributed by atoms with Crippen LogP contribution in [0.1, 0.15) is 19.3 Å². The van der Waals surface area contributed by atoms with Crippen LogP contribution < -0.4 is 5.43 Å². The van der Waals surface area contributed by atoms with E-state index in [0.717, 1.165) is 6.42 Å².